The number of H-pyrrole nitrogens is 1. The molecule has 0 aliphatic rings. The largest absolute Gasteiger partial charge is 0.462 e. The van der Waals surface area contributed by atoms with Gasteiger partial charge < -0.3 is 9.72 Å². The van der Waals surface area contributed by atoms with Gasteiger partial charge in [-0.1, -0.05) is 20.8 Å². The first-order chi connectivity index (χ1) is 7.10. The first-order valence-corrected chi connectivity index (χ1v) is 5.49. The van der Waals surface area contributed by atoms with Gasteiger partial charge in [0.05, 0.1) is 12.2 Å². The van der Waals surface area contributed by atoms with Crippen molar-refractivity contribution < 1.29 is 9.53 Å². The molecule has 84 valence electrons. The Labute approximate surface area is 90.8 Å². The van der Waals surface area contributed by atoms with Gasteiger partial charge in [0, 0.05) is 11.4 Å². The Morgan fingerprint density at radius 3 is 2.60 bits per heavy atom. The van der Waals surface area contributed by atoms with Gasteiger partial charge in [-0.3, -0.25) is 0 Å². The molecule has 0 amide bonds. The number of ether oxygens (including phenoxy) is 1. The molecular weight excluding hydrogens is 190 g/mol. The van der Waals surface area contributed by atoms with Gasteiger partial charge in [-0.15, -0.1) is 0 Å². The van der Waals surface area contributed by atoms with Gasteiger partial charge in [-0.25, -0.2) is 4.79 Å². The monoisotopic (exact) mass is 209 g/mol. The number of hydrogen-bond donors (Lipinski definition) is 1. The molecule has 3 nitrogen and oxygen atoms in total. The summed E-state index contributed by atoms with van der Waals surface area (Å²) in [6.07, 6.45) is 0.820. The van der Waals surface area contributed by atoms with Gasteiger partial charge in [0.2, 0.25) is 0 Å². The Balaban J connectivity index is 3.00. The quantitative estimate of drug-likeness (QED) is 0.775. The third-order valence-electron chi connectivity index (χ3n) is 2.39. The van der Waals surface area contributed by atoms with Crippen LogP contribution in [0.25, 0.3) is 0 Å². The molecule has 0 unspecified atom stereocenters. The molecular formula is C12H19NO2. The van der Waals surface area contributed by atoms with E-state index in [9.17, 15) is 4.79 Å². The fourth-order valence-electron chi connectivity index (χ4n) is 1.50. The lowest BCUT2D eigenvalue weighted by atomic mass is 10.1. The van der Waals surface area contributed by atoms with Gasteiger partial charge in [-0.05, 0) is 25.3 Å². The van der Waals surface area contributed by atoms with E-state index < -0.39 is 0 Å². The molecule has 1 aromatic heterocycles. The number of esters is 1. The Morgan fingerprint density at radius 1 is 1.47 bits per heavy atom. The zero-order valence-corrected chi connectivity index (χ0v) is 9.89. The maximum absolute atomic E-state index is 11.6. The highest BCUT2D eigenvalue weighted by atomic mass is 16.5. The van der Waals surface area contributed by atoms with E-state index in [0.29, 0.717) is 18.1 Å². The van der Waals surface area contributed by atoms with E-state index in [1.54, 1.807) is 0 Å². The molecule has 3 heteroatoms. The summed E-state index contributed by atoms with van der Waals surface area (Å²) in [5, 5.41) is 0. The second-order valence-electron chi connectivity index (χ2n) is 3.85. The van der Waals surface area contributed by atoms with Crippen LogP contribution in [0.5, 0.6) is 0 Å². The molecule has 0 fully saturated rings. The second-order valence-corrected chi connectivity index (χ2v) is 3.85. The van der Waals surface area contributed by atoms with Gasteiger partial charge in [0.15, 0.2) is 0 Å². The lowest BCUT2D eigenvalue weighted by Gasteiger charge is -2.00. The molecule has 1 aromatic rings. The highest BCUT2D eigenvalue weighted by Crippen LogP contribution is 2.19. The summed E-state index contributed by atoms with van der Waals surface area (Å²) >= 11 is 0. The summed E-state index contributed by atoms with van der Waals surface area (Å²) in [6, 6.07) is 1.90. The molecule has 0 spiro atoms. The van der Waals surface area contributed by atoms with E-state index in [-0.39, 0.29) is 5.97 Å². The molecule has 0 saturated heterocycles. The van der Waals surface area contributed by atoms with Crippen molar-refractivity contribution >= 4 is 5.97 Å². The summed E-state index contributed by atoms with van der Waals surface area (Å²) in [7, 11) is 0. The summed E-state index contributed by atoms with van der Waals surface area (Å²) in [6.45, 7) is 8.46. The Morgan fingerprint density at radius 2 is 2.13 bits per heavy atom. The van der Waals surface area contributed by atoms with Crippen LogP contribution in [0.3, 0.4) is 0 Å². The van der Waals surface area contributed by atoms with Crippen molar-refractivity contribution in [2.75, 3.05) is 6.61 Å². The third kappa shape index (κ3) is 2.61. The normalized spacial score (nSPS) is 10.7. The Kier molecular flexibility index (Phi) is 3.95. The molecule has 0 saturated carbocycles. The van der Waals surface area contributed by atoms with E-state index in [2.05, 4.69) is 18.8 Å². The summed E-state index contributed by atoms with van der Waals surface area (Å²) in [5.74, 6) is 0.177. The van der Waals surface area contributed by atoms with Crippen LogP contribution in [-0.2, 0) is 11.2 Å². The van der Waals surface area contributed by atoms with Crippen LogP contribution in [0.4, 0.5) is 0 Å². The molecule has 0 atom stereocenters. The molecule has 0 bridgehead atoms. The van der Waals surface area contributed by atoms with E-state index in [1.165, 1.54) is 0 Å². The van der Waals surface area contributed by atoms with E-state index in [0.717, 1.165) is 17.8 Å². The average Bonchev–Trinajstić information content (AvgIpc) is 2.61. The minimum absolute atomic E-state index is 0.225. The first-order valence-electron chi connectivity index (χ1n) is 5.49. The van der Waals surface area contributed by atoms with Gasteiger partial charge >= 0.3 is 5.97 Å². The van der Waals surface area contributed by atoms with Crippen molar-refractivity contribution in [3.05, 3.63) is 23.0 Å². The zero-order valence-electron chi connectivity index (χ0n) is 9.89. The maximum atomic E-state index is 11.6. The Hall–Kier alpha value is -1.25. The van der Waals surface area contributed by atoms with Crippen LogP contribution < -0.4 is 0 Å². The van der Waals surface area contributed by atoms with Crippen molar-refractivity contribution in [3.8, 4) is 0 Å². The number of aryl methyl sites for hydroxylation is 1. The maximum Gasteiger partial charge on any atom is 0.339 e. The van der Waals surface area contributed by atoms with Crippen molar-refractivity contribution in [2.24, 2.45) is 0 Å². The highest BCUT2D eigenvalue weighted by molar-refractivity contribution is 5.91. The predicted molar refractivity (Wildman–Crippen MR) is 60.2 cm³/mol. The highest BCUT2D eigenvalue weighted by Gasteiger charge is 2.16. The van der Waals surface area contributed by atoms with Crippen LogP contribution in [0, 0.1) is 0 Å². The predicted octanol–water partition coefficient (Wildman–Crippen LogP) is 2.88. The van der Waals surface area contributed by atoms with Crippen LogP contribution in [-0.4, -0.2) is 17.6 Å². The average molecular weight is 209 g/mol. The number of aromatic amines is 1. The number of carbonyl (C=O) groups is 1. The fraction of sp³-hybridized carbons (Fsp3) is 0.583. The number of nitrogens with one attached hydrogen (secondary N) is 1. The molecule has 0 radical (unpaired) electrons. The van der Waals surface area contributed by atoms with Crippen LogP contribution in [0.2, 0.25) is 0 Å². The molecule has 1 N–H and O–H groups in total. The van der Waals surface area contributed by atoms with Crippen LogP contribution >= 0.6 is 0 Å². The van der Waals surface area contributed by atoms with Crippen molar-refractivity contribution in [1.29, 1.82) is 0 Å². The number of aromatic nitrogens is 1. The summed E-state index contributed by atoms with van der Waals surface area (Å²) < 4.78 is 5.00. The Bertz CT molecular complexity index is 339. The molecule has 1 rings (SSSR count). The lowest BCUT2D eigenvalue weighted by molar-refractivity contribution is 0.0525. The molecule has 15 heavy (non-hydrogen) atoms. The van der Waals surface area contributed by atoms with Crippen LogP contribution in [0.15, 0.2) is 6.07 Å². The SMILES string of the molecule is CCOC(=O)c1cc(C(C)C)[nH]c1CC. The molecule has 1 heterocycles. The van der Waals surface area contributed by atoms with Crippen molar-refractivity contribution in [2.45, 2.75) is 40.0 Å². The van der Waals surface area contributed by atoms with Crippen LogP contribution in [0.1, 0.15) is 55.4 Å². The molecule has 0 aromatic carbocycles. The van der Waals surface area contributed by atoms with Gasteiger partial charge in [0.25, 0.3) is 0 Å². The minimum atomic E-state index is -0.225. The number of hydrogen-bond acceptors (Lipinski definition) is 2. The van der Waals surface area contributed by atoms with Crippen molar-refractivity contribution in [1.82, 2.24) is 4.98 Å². The standard InChI is InChI=1S/C12H19NO2/c1-5-10-9(12(14)15-6-2)7-11(13-10)8(3)4/h7-8,13H,5-6H2,1-4H3. The second kappa shape index (κ2) is 5.01. The summed E-state index contributed by atoms with van der Waals surface area (Å²) in [5.41, 5.74) is 2.75. The van der Waals surface area contributed by atoms with E-state index in [1.807, 2.05) is 19.9 Å². The lowest BCUT2D eigenvalue weighted by Crippen LogP contribution is -2.05. The summed E-state index contributed by atoms with van der Waals surface area (Å²) in [4.78, 5) is 14.9. The third-order valence-corrected chi connectivity index (χ3v) is 2.39. The topological polar surface area (TPSA) is 42.1 Å². The zero-order chi connectivity index (χ0) is 11.4. The van der Waals surface area contributed by atoms with Gasteiger partial charge in [0.1, 0.15) is 0 Å². The molecule has 0 aliphatic heterocycles. The smallest absolute Gasteiger partial charge is 0.339 e. The number of carbonyl (C=O) groups excluding carboxylic acids is 1. The van der Waals surface area contributed by atoms with Gasteiger partial charge in [-0.2, -0.15) is 0 Å². The van der Waals surface area contributed by atoms with Crippen molar-refractivity contribution in [3.63, 3.8) is 0 Å². The minimum Gasteiger partial charge on any atom is -0.462 e. The fourth-order valence-corrected chi connectivity index (χ4v) is 1.50. The first kappa shape index (κ1) is 11.8. The van der Waals surface area contributed by atoms with E-state index in [4.69, 9.17) is 4.74 Å². The van der Waals surface area contributed by atoms with E-state index >= 15 is 0 Å². The number of rotatable bonds is 4. The molecule has 0 aliphatic carbocycles.